The predicted octanol–water partition coefficient (Wildman–Crippen LogP) is 2.41. The van der Waals surface area contributed by atoms with Crippen LogP contribution in [0.1, 0.15) is 67.6 Å². The van der Waals surface area contributed by atoms with E-state index in [0.717, 1.165) is 24.3 Å². The van der Waals surface area contributed by atoms with E-state index in [-0.39, 0.29) is 0 Å². The van der Waals surface area contributed by atoms with Gasteiger partial charge in [-0.2, -0.15) is 0 Å². The fraction of sp³-hybridized carbons (Fsp3) is 0.765. The number of hydrogen-bond acceptors (Lipinski definition) is 4. The summed E-state index contributed by atoms with van der Waals surface area (Å²) < 4.78 is 0. The van der Waals surface area contributed by atoms with Crippen molar-refractivity contribution in [2.24, 2.45) is 0 Å². The van der Waals surface area contributed by atoms with E-state index >= 15 is 0 Å². The number of nitrogens with one attached hydrogen (secondary N) is 1. The molecule has 2 saturated heterocycles. The van der Waals surface area contributed by atoms with Crippen LogP contribution in [0.15, 0.2) is 6.20 Å². The molecule has 0 radical (unpaired) electrons. The molecule has 3 unspecified atom stereocenters. The highest BCUT2D eigenvalue weighted by Gasteiger charge is 2.40. The molecular weight excluding hydrogens is 260 g/mol. The van der Waals surface area contributed by atoms with E-state index in [2.05, 4.69) is 23.5 Å². The van der Waals surface area contributed by atoms with Crippen LogP contribution in [0, 0.1) is 0 Å². The highest BCUT2D eigenvalue weighted by atomic mass is 15.2. The summed E-state index contributed by atoms with van der Waals surface area (Å²) in [6.07, 6.45) is 10.9. The van der Waals surface area contributed by atoms with Gasteiger partial charge in [0.05, 0.1) is 0 Å². The van der Waals surface area contributed by atoms with E-state index in [9.17, 15) is 0 Å². The maximum Gasteiger partial charge on any atom is 0.131 e. The van der Waals surface area contributed by atoms with Gasteiger partial charge in [0.1, 0.15) is 5.82 Å². The Balaban J connectivity index is 1.59. The average molecular weight is 286 g/mol. The van der Waals surface area contributed by atoms with Crippen molar-refractivity contribution < 1.29 is 0 Å². The third-order valence-electron chi connectivity index (χ3n) is 6.01. The van der Waals surface area contributed by atoms with Crippen molar-refractivity contribution in [3.05, 3.63) is 23.3 Å². The number of aromatic nitrogens is 2. The lowest BCUT2D eigenvalue weighted by atomic mass is 9.89. The molecule has 0 saturated carbocycles. The standard InChI is InChI=1S/C17H26N4/c1-18-15-4-3-5-16-14(15)10-19-17(20-16)11-8-12-6-7-13(9-11)21(12)2/h10-13,15,18H,3-9H2,1-2H3. The summed E-state index contributed by atoms with van der Waals surface area (Å²) in [5, 5.41) is 3.40. The summed E-state index contributed by atoms with van der Waals surface area (Å²) in [5.41, 5.74) is 2.64. The Bertz CT molecular complexity index is 516. The largest absolute Gasteiger partial charge is 0.313 e. The first-order chi connectivity index (χ1) is 10.3. The molecule has 4 nitrogen and oxygen atoms in total. The van der Waals surface area contributed by atoms with Crippen LogP contribution in [-0.4, -0.2) is 41.0 Å². The molecule has 3 aliphatic rings. The number of rotatable bonds is 2. The molecule has 2 aliphatic heterocycles. The van der Waals surface area contributed by atoms with Gasteiger partial charge in [-0.05, 0) is 59.0 Å². The van der Waals surface area contributed by atoms with Crippen molar-refractivity contribution in [2.45, 2.75) is 69.0 Å². The zero-order valence-electron chi connectivity index (χ0n) is 13.2. The third-order valence-corrected chi connectivity index (χ3v) is 6.01. The van der Waals surface area contributed by atoms with Crippen molar-refractivity contribution in [1.82, 2.24) is 20.2 Å². The van der Waals surface area contributed by atoms with Crippen molar-refractivity contribution in [3.63, 3.8) is 0 Å². The van der Waals surface area contributed by atoms with Gasteiger partial charge in [-0.15, -0.1) is 0 Å². The number of fused-ring (bicyclic) bond motifs is 3. The Hall–Kier alpha value is -1.00. The highest BCUT2D eigenvalue weighted by Crippen LogP contribution is 2.41. The van der Waals surface area contributed by atoms with Gasteiger partial charge >= 0.3 is 0 Å². The Kier molecular flexibility index (Phi) is 3.46. The van der Waals surface area contributed by atoms with Crippen LogP contribution in [0.4, 0.5) is 0 Å². The Morgan fingerprint density at radius 2 is 1.95 bits per heavy atom. The van der Waals surface area contributed by atoms with E-state index < -0.39 is 0 Å². The molecule has 1 N–H and O–H groups in total. The number of aryl methyl sites for hydroxylation is 1. The second-order valence-electron chi connectivity index (χ2n) is 7.08. The first kappa shape index (κ1) is 13.6. The Labute approximate surface area is 127 Å². The van der Waals surface area contributed by atoms with Gasteiger partial charge in [-0.3, -0.25) is 0 Å². The normalized spacial score (nSPS) is 35.7. The molecule has 3 atom stereocenters. The molecular formula is C17H26N4. The van der Waals surface area contributed by atoms with Crippen LogP contribution >= 0.6 is 0 Å². The van der Waals surface area contributed by atoms with Gasteiger partial charge in [0.15, 0.2) is 0 Å². The molecule has 1 aromatic heterocycles. The van der Waals surface area contributed by atoms with Crippen molar-refractivity contribution in [1.29, 1.82) is 0 Å². The molecule has 1 aliphatic carbocycles. The summed E-state index contributed by atoms with van der Waals surface area (Å²) in [5.74, 6) is 1.70. The third kappa shape index (κ3) is 2.29. The minimum absolute atomic E-state index is 0.455. The lowest BCUT2D eigenvalue weighted by Gasteiger charge is -2.36. The molecule has 21 heavy (non-hydrogen) atoms. The summed E-state index contributed by atoms with van der Waals surface area (Å²) in [6.45, 7) is 0. The lowest BCUT2D eigenvalue weighted by Crippen LogP contribution is -2.39. The molecule has 3 heterocycles. The molecule has 2 bridgehead atoms. The second kappa shape index (κ2) is 5.33. The van der Waals surface area contributed by atoms with E-state index in [0.29, 0.717) is 12.0 Å². The van der Waals surface area contributed by atoms with Gasteiger partial charge in [0, 0.05) is 41.5 Å². The topological polar surface area (TPSA) is 41.1 Å². The molecule has 1 aromatic rings. The molecule has 2 fully saturated rings. The van der Waals surface area contributed by atoms with Crippen LogP contribution in [0.5, 0.6) is 0 Å². The van der Waals surface area contributed by atoms with Gasteiger partial charge < -0.3 is 10.2 Å². The average Bonchev–Trinajstić information content (AvgIpc) is 2.75. The van der Waals surface area contributed by atoms with Crippen molar-refractivity contribution in [2.75, 3.05) is 14.1 Å². The van der Waals surface area contributed by atoms with Gasteiger partial charge in [-0.1, -0.05) is 0 Å². The Morgan fingerprint density at radius 1 is 1.19 bits per heavy atom. The molecule has 0 spiro atoms. The molecule has 0 aromatic carbocycles. The monoisotopic (exact) mass is 286 g/mol. The predicted molar refractivity (Wildman–Crippen MR) is 83.3 cm³/mol. The van der Waals surface area contributed by atoms with E-state index in [4.69, 9.17) is 9.97 Å². The number of nitrogens with zero attached hydrogens (tertiary/aromatic N) is 3. The van der Waals surface area contributed by atoms with E-state index in [1.807, 2.05) is 7.05 Å². The van der Waals surface area contributed by atoms with Crippen LogP contribution in [-0.2, 0) is 6.42 Å². The van der Waals surface area contributed by atoms with Crippen LogP contribution in [0.25, 0.3) is 0 Å². The lowest BCUT2D eigenvalue weighted by molar-refractivity contribution is 0.158. The minimum Gasteiger partial charge on any atom is -0.313 e. The molecule has 114 valence electrons. The van der Waals surface area contributed by atoms with Crippen LogP contribution < -0.4 is 5.32 Å². The maximum absolute atomic E-state index is 4.99. The number of hydrogen-bond donors (Lipinski definition) is 1. The maximum atomic E-state index is 4.99. The SMILES string of the molecule is CNC1CCCc2nc(C3CC4CCC(C3)N4C)ncc21. The molecule has 4 rings (SSSR count). The summed E-state index contributed by atoms with van der Waals surface area (Å²) in [4.78, 5) is 12.3. The van der Waals surface area contributed by atoms with Crippen molar-refractivity contribution >= 4 is 0 Å². The van der Waals surface area contributed by atoms with Gasteiger partial charge in [-0.25, -0.2) is 9.97 Å². The van der Waals surface area contributed by atoms with E-state index in [1.165, 1.54) is 49.8 Å². The summed E-state index contributed by atoms with van der Waals surface area (Å²) >= 11 is 0. The van der Waals surface area contributed by atoms with Gasteiger partial charge in [0.2, 0.25) is 0 Å². The first-order valence-corrected chi connectivity index (χ1v) is 8.51. The quantitative estimate of drug-likeness (QED) is 0.906. The molecule has 4 heteroatoms. The summed E-state index contributed by atoms with van der Waals surface area (Å²) in [7, 11) is 4.34. The fourth-order valence-electron chi connectivity index (χ4n) is 4.68. The minimum atomic E-state index is 0.455. The second-order valence-corrected chi connectivity index (χ2v) is 7.08. The zero-order chi connectivity index (χ0) is 14.4. The fourth-order valence-corrected chi connectivity index (χ4v) is 4.68. The number of piperidine rings is 1. The zero-order valence-corrected chi connectivity index (χ0v) is 13.2. The van der Waals surface area contributed by atoms with Crippen LogP contribution in [0.3, 0.4) is 0 Å². The van der Waals surface area contributed by atoms with Gasteiger partial charge in [0.25, 0.3) is 0 Å². The van der Waals surface area contributed by atoms with Crippen LogP contribution in [0.2, 0.25) is 0 Å². The van der Waals surface area contributed by atoms with E-state index in [1.54, 1.807) is 0 Å². The Morgan fingerprint density at radius 3 is 2.67 bits per heavy atom. The van der Waals surface area contributed by atoms with Crippen molar-refractivity contribution in [3.8, 4) is 0 Å². The highest BCUT2D eigenvalue weighted by molar-refractivity contribution is 5.25. The summed E-state index contributed by atoms with van der Waals surface area (Å²) in [6, 6.07) is 1.98. The first-order valence-electron chi connectivity index (χ1n) is 8.51. The smallest absolute Gasteiger partial charge is 0.131 e. The molecule has 0 amide bonds.